The standard InChI is InChI=1S/C10H14N2O/c13-9-4-3-7(9)8-6-11-10-2-1-5-12(8)10/h6-7,9,13H,1-5H2. The van der Waals surface area contributed by atoms with Crippen molar-refractivity contribution < 1.29 is 5.11 Å². The number of aliphatic hydroxyl groups is 1. The van der Waals surface area contributed by atoms with Crippen molar-refractivity contribution in [1.29, 1.82) is 0 Å². The summed E-state index contributed by atoms with van der Waals surface area (Å²) in [6.45, 7) is 1.11. The van der Waals surface area contributed by atoms with Crippen molar-refractivity contribution in [2.45, 2.75) is 44.2 Å². The fraction of sp³-hybridized carbons (Fsp3) is 0.700. The predicted molar refractivity (Wildman–Crippen MR) is 48.5 cm³/mol. The second-order valence-corrected chi connectivity index (χ2v) is 4.11. The number of rotatable bonds is 1. The first-order valence-electron chi connectivity index (χ1n) is 5.08. The maximum absolute atomic E-state index is 9.57. The van der Waals surface area contributed by atoms with Gasteiger partial charge in [0.15, 0.2) is 0 Å². The van der Waals surface area contributed by atoms with Crippen LogP contribution in [0, 0.1) is 0 Å². The smallest absolute Gasteiger partial charge is 0.108 e. The van der Waals surface area contributed by atoms with Crippen molar-refractivity contribution in [3.63, 3.8) is 0 Å². The molecule has 3 nitrogen and oxygen atoms in total. The van der Waals surface area contributed by atoms with Gasteiger partial charge < -0.3 is 9.67 Å². The SMILES string of the molecule is OC1CCC1c1cnc2n1CCC2. The van der Waals surface area contributed by atoms with Crippen LogP contribution in [0.1, 0.15) is 36.7 Å². The molecule has 0 bridgehead atoms. The Morgan fingerprint density at radius 1 is 1.46 bits per heavy atom. The average Bonchev–Trinajstić information content (AvgIpc) is 2.66. The van der Waals surface area contributed by atoms with Gasteiger partial charge in [0, 0.05) is 30.8 Å². The molecule has 2 atom stereocenters. The lowest BCUT2D eigenvalue weighted by Crippen LogP contribution is -2.30. The monoisotopic (exact) mass is 178 g/mol. The second kappa shape index (κ2) is 2.58. The molecule has 0 spiro atoms. The molecule has 0 saturated heterocycles. The van der Waals surface area contributed by atoms with Gasteiger partial charge in [-0.2, -0.15) is 0 Å². The van der Waals surface area contributed by atoms with Crippen molar-refractivity contribution in [3.05, 3.63) is 17.7 Å². The van der Waals surface area contributed by atoms with Gasteiger partial charge in [-0.15, -0.1) is 0 Å². The van der Waals surface area contributed by atoms with Crippen LogP contribution in [-0.4, -0.2) is 20.8 Å². The first-order valence-corrected chi connectivity index (χ1v) is 5.08. The predicted octanol–water partition coefficient (Wildman–Crippen LogP) is 1.07. The van der Waals surface area contributed by atoms with E-state index in [1.54, 1.807) is 0 Å². The molecule has 1 N–H and O–H groups in total. The van der Waals surface area contributed by atoms with Crippen molar-refractivity contribution in [2.75, 3.05) is 0 Å². The molecule has 0 radical (unpaired) electrons. The van der Waals surface area contributed by atoms with E-state index in [4.69, 9.17) is 0 Å². The van der Waals surface area contributed by atoms with Crippen LogP contribution < -0.4 is 0 Å². The maximum Gasteiger partial charge on any atom is 0.108 e. The highest BCUT2D eigenvalue weighted by atomic mass is 16.3. The normalized spacial score (nSPS) is 31.5. The molecule has 1 fully saturated rings. The van der Waals surface area contributed by atoms with E-state index in [1.807, 2.05) is 6.20 Å². The van der Waals surface area contributed by atoms with Crippen LogP contribution in [0.5, 0.6) is 0 Å². The Kier molecular flexibility index (Phi) is 1.50. The van der Waals surface area contributed by atoms with Crippen LogP contribution in [0.3, 0.4) is 0 Å². The third-order valence-electron chi connectivity index (χ3n) is 3.37. The molecule has 3 heteroatoms. The molecule has 1 aromatic heterocycles. The van der Waals surface area contributed by atoms with Gasteiger partial charge in [0.1, 0.15) is 5.82 Å². The quantitative estimate of drug-likeness (QED) is 0.698. The number of imidazole rings is 1. The van der Waals surface area contributed by atoms with Crippen molar-refractivity contribution in [3.8, 4) is 0 Å². The summed E-state index contributed by atoms with van der Waals surface area (Å²) >= 11 is 0. The van der Waals surface area contributed by atoms with Gasteiger partial charge in [-0.3, -0.25) is 0 Å². The molecule has 2 heterocycles. The van der Waals surface area contributed by atoms with Crippen LogP contribution in [-0.2, 0) is 13.0 Å². The van der Waals surface area contributed by atoms with E-state index >= 15 is 0 Å². The van der Waals surface area contributed by atoms with E-state index in [1.165, 1.54) is 17.9 Å². The fourth-order valence-corrected chi connectivity index (χ4v) is 2.41. The molecule has 13 heavy (non-hydrogen) atoms. The molecule has 70 valence electrons. The Hall–Kier alpha value is -0.830. The minimum absolute atomic E-state index is 0.110. The zero-order valence-electron chi connectivity index (χ0n) is 7.61. The van der Waals surface area contributed by atoms with Crippen LogP contribution in [0.4, 0.5) is 0 Å². The lowest BCUT2D eigenvalue weighted by Gasteiger charge is -2.32. The van der Waals surface area contributed by atoms with E-state index in [0.717, 1.165) is 25.8 Å². The van der Waals surface area contributed by atoms with E-state index in [9.17, 15) is 5.11 Å². The number of aromatic nitrogens is 2. The molecule has 1 aromatic rings. The van der Waals surface area contributed by atoms with Crippen LogP contribution >= 0.6 is 0 Å². The molecule has 1 saturated carbocycles. The summed E-state index contributed by atoms with van der Waals surface area (Å²) in [5.74, 6) is 1.59. The molecular weight excluding hydrogens is 164 g/mol. The zero-order chi connectivity index (χ0) is 8.84. The summed E-state index contributed by atoms with van der Waals surface area (Å²) in [6, 6.07) is 0. The van der Waals surface area contributed by atoms with Crippen molar-refractivity contribution in [2.24, 2.45) is 0 Å². The molecule has 1 aliphatic heterocycles. The van der Waals surface area contributed by atoms with Gasteiger partial charge in [-0.05, 0) is 19.3 Å². The number of hydrogen-bond acceptors (Lipinski definition) is 2. The van der Waals surface area contributed by atoms with Crippen molar-refractivity contribution in [1.82, 2.24) is 9.55 Å². The molecule has 2 unspecified atom stereocenters. The summed E-state index contributed by atoms with van der Waals surface area (Å²) in [5.41, 5.74) is 1.27. The number of fused-ring (bicyclic) bond motifs is 1. The first-order chi connectivity index (χ1) is 6.36. The Bertz CT molecular complexity index is 332. The Labute approximate surface area is 77.4 Å². The Morgan fingerprint density at radius 3 is 3.08 bits per heavy atom. The highest BCUT2D eigenvalue weighted by Gasteiger charge is 2.34. The van der Waals surface area contributed by atoms with E-state index in [-0.39, 0.29) is 6.10 Å². The van der Waals surface area contributed by atoms with Crippen LogP contribution in [0.25, 0.3) is 0 Å². The van der Waals surface area contributed by atoms with Gasteiger partial charge in [-0.25, -0.2) is 4.98 Å². The maximum atomic E-state index is 9.57. The first kappa shape index (κ1) is 7.56. The van der Waals surface area contributed by atoms with Crippen LogP contribution in [0.15, 0.2) is 6.20 Å². The molecule has 3 rings (SSSR count). The van der Waals surface area contributed by atoms with E-state index in [0.29, 0.717) is 5.92 Å². The van der Waals surface area contributed by atoms with Crippen LogP contribution in [0.2, 0.25) is 0 Å². The summed E-state index contributed by atoms with van der Waals surface area (Å²) in [6.07, 6.45) is 6.28. The Morgan fingerprint density at radius 2 is 2.38 bits per heavy atom. The number of aliphatic hydroxyl groups excluding tert-OH is 1. The summed E-state index contributed by atoms with van der Waals surface area (Å²) in [7, 11) is 0. The molecule has 1 aliphatic carbocycles. The number of nitrogens with zero attached hydrogens (tertiary/aromatic N) is 2. The Balaban J connectivity index is 1.96. The fourth-order valence-electron chi connectivity index (χ4n) is 2.41. The summed E-state index contributed by atoms with van der Waals surface area (Å²) in [4.78, 5) is 4.39. The largest absolute Gasteiger partial charge is 0.392 e. The minimum Gasteiger partial charge on any atom is -0.392 e. The van der Waals surface area contributed by atoms with E-state index in [2.05, 4.69) is 9.55 Å². The number of hydrogen-bond donors (Lipinski definition) is 1. The topological polar surface area (TPSA) is 38.1 Å². The highest BCUT2D eigenvalue weighted by molar-refractivity contribution is 5.17. The third kappa shape index (κ3) is 0.967. The van der Waals surface area contributed by atoms with Gasteiger partial charge in [-0.1, -0.05) is 0 Å². The number of aryl methyl sites for hydroxylation is 1. The summed E-state index contributed by atoms with van der Waals surface area (Å²) in [5, 5.41) is 9.57. The van der Waals surface area contributed by atoms with Gasteiger partial charge in [0.05, 0.1) is 6.10 Å². The molecule has 0 amide bonds. The van der Waals surface area contributed by atoms with Crippen molar-refractivity contribution >= 4 is 0 Å². The average molecular weight is 178 g/mol. The zero-order valence-corrected chi connectivity index (χ0v) is 7.61. The van der Waals surface area contributed by atoms with Gasteiger partial charge >= 0.3 is 0 Å². The lowest BCUT2D eigenvalue weighted by molar-refractivity contribution is 0.0626. The second-order valence-electron chi connectivity index (χ2n) is 4.11. The summed E-state index contributed by atoms with van der Waals surface area (Å²) < 4.78 is 2.30. The lowest BCUT2D eigenvalue weighted by atomic mass is 9.80. The van der Waals surface area contributed by atoms with E-state index < -0.39 is 0 Å². The van der Waals surface area contributed by atoms with Gasteiger partial charge in [0.25, 0.3) is 0 Å². The molecule has 2 aliphatic rings. The molecular formula is C10H14N2O. The van der Waals surface area contributed by atoms with Gasteiger partial charge in [0.2, 0.25) is 0 Å². The minimum atomic E-state index is -0.110. The third-order valence-corrected chi connectivity index (χ3v) is 3.37. The molecule has 0 aromatic carbocycles. The highest BCUT2D eigenvalue weighted by Crippen LogP contribution is 2.38.